The molecule has 0 aliphatic carbocycles. The molecule has 0 spiro atoms. The third-order valence-electron chi connectivity index (χ3n) is 2.59. The summed E-state index contributed by atoms with van der Waals surface area (Å²) in [6.45, 7) is 0. The Bertz CT molecular complexity index is 529. The zero-order valence-electron chi connectivity index (χ0n) is 9.64. The van der Waals surface area contributed by atoms with E-state index in [4.69, 9.17) is 4.52 Å². The standard InChI is InChI=1S/C13H11F2O2P/c1-17-18(16,12-6-2-10(14)3-7-12)13-8-4-11(15)5-9-13/h2-9H,1H3. The van der Waals surface area contributed by atoms with Crippen LogP contribution in [0.25, 0.3) is 0 Å². The Hall–Kier alpha value is -1.51. The molecule has 0 aliphatic heterocycles. The molecule has 2 rings (SSSR count). The Morgan fingerprint density at radius 2 is 1.17 bits per heavy atom. The van der Waals surface area contributed by atoms with Gasteiger partial charge in [-0.05, 0) is 48.5 Å². The van der Waals surface area contributed by atoms with Crippen LogP contribution in [0.4, 0.5) is 8.78 Å². The molecule has 0 atom stereocenters. The van der Waals surface area contributed by atoms with Crippen LogP contribution < -0.4 is 10.6 Å². The minimum absolute atomic E-state index is 0.373. The van der Waals surface area contributed by atoms with Crippen LogP contribution in [0.3, 0.4) is 0 Å². The first-order chi connectivity index (χ1) is 8.56. The molecule has 2 nitrogen and oxygen atoms in total. The van der Waals surface area contributed by atoms with Gasteiger partial charge in [0.1, 0.15) is 11.6 Å². The van der Waals surface area contributed by atoms with Crippen molar-refractivity contribution in [1.82, 2.24) is 0 Å². The smallest absolute Gasteiger partial charge is 0.261 e. The van der Waals surface area contributed by atoms with Gasteiger partial charge in [0.2, 0.25) is 0 Å². The second kappa shape index (κ2) is 5.01. The lowest BCUT2D eigenvalue weighted by Crippen LogP contribution is -2.17. The van der Waals surface area contributed by atoms with Crippen LogP contribution in [0, 0.1) is 11.6 Å². The van der Waals surface area contributed by atoms with Gasteiger partial charge in [0.05, 0.1) is 0 Å². The molecule has 0 N–H and O–H groups in total. The molecule has 0 unspecified atom stereocenters. The maximum atomic E-state index is 12.9. The average Bonchev–Trinajstić information content (AvgIpc) is 2.39. The average molecular weight is 268 g/mol. The first-order valence-electron chi connectivity index (χ1n) is 5.24. The summed E-state index contributed by atoms with van der Waals surface area (Å²) < 4.78 is 43.5. The van der Waals surface area contributed by atoms with Crippen molar-refractivity contribution in [2.45, 2.75) is 0 Å². The minimum Gasteiger partial charge on any atom is -0.325 e. The molecule has 18 heavy (non-hydrogen) atoms. The van der Waals surface area contributed by atoms with Crippen molar-refractivity contribution in [3.05, 3.63) is 60.2 Å². The van der Waals surface area contributed by atoms with Gasteiger partial charge in [-0.15, -0.1) is 0 Å². The molecular weight excluding hydrogens is 257 g/mol. The summed E-state index contributed by atoms with van der Waals surface area (Å²) in [5.74, 6) is -0.832. The lowest BCUT2D eigenvalue weighted by atomic mass is 10.3. The molecule has 0 heterocycles. The topological polar surface area (TPSA) is 26.3 Å². The second-order valence-electron chi connectivity index (χ2n) is 3.69. The fraction of sp³-hybridized carbons (Fsp3) is 0.0769. The Morgan fingerprint density at radius 1 is 0.833 bits per heavy atom. The largest absolute Gasteiger partial charge is 0.325 e. The SMILES string of the molecule is COP(=O)(c1ccc(F)cc1)c1ccc(F)cc1. The van der Waals surface area contributed by atoms with Crippen molar-refractivity contribution in [2.24, 2.45) is 0 Å². The highest BCUT2D eigenvalue weighted by atomic mass is 31.2. The number of hydrogen-bond donors (Lipinski definition) is 0. The van der Waals surface area contributed by atoms with E-state index in [0.29, 0.717) is 10.6 Å². The highest BCUT2D eigenvalue weighted by Gasteiger charge is 2.27. The summed E-state index contributed by atoms with van der Waals surface area (Å²) in [5, 5.41) is 0.746. The summed E-state index contributed by atoms with van der Waals surface area (Å²) in [6, 6.07) is 10.5. The molecule has 0 aliphatic rings. The van der Waals surface area contributed by atoms with Gasteiger partial charge in [0.25, 0.3) is 7.37 Å². The minimum atomic E-state index is -3.28. The number of benzene rings is 2. The Morgan fingerprint density at radius 3 is 1.44 bits per heavy atom. The lowest BCUT2D eigenvalue weighted by Gasteiger charge is -2.16. The predicted molar refractivity (Wildman–Crippen MR) is 66.7 cm³/mol. The van der Waals surface area contributed by atoms with Crippen LogP contribution in [0.5, 0.6) is 0 Å². The van der Waals surface area contributed by atoms with Crippen LogP contribution >= 0.6 is 7.37 Å². The zero-order valence-corrected chi connectivity index (χ0v) is 10.5. The van der Waals surface area contributed by atoms with Gasteiger partial charge in [-0.25, -0.2) is 8.78 Å². The molecule has 0 saturated heterocycles. The fourth-order valence-corrected chi connectivity index (χ4v) is 3.44. The van der Waals surface area contributed by atoms with Gasteiger partial charge in [0.15, 0.2) is 0 Å². The van der Waals surface area contributed by atoms with Crippen LogP contribution in [0.15, 0.2) is 48.5 Å². The highest BCUT2D eigenvalue weighted by molar-refractivity contribution is 7.74. The van der Waals surface area contributed by atoms with E-state index in [1.807, 2.05) is 0 Å². The maximum absolute atomic E-state index is 12.9. The summed E-state index contributed by atoms with van der Waals surface area (Å²) in [6.07, 6.45) is 0. The Kier molecular flexibility index (Phi) is 3.60. The lowest BCUT2D eigenvalue weighted by molar-refractivity contribution is 0.412. The second-order valence-corrected chi connectivity index (χ2v) is 6.19. The number of halogens is 2. The van der Waals surface area contributed by atoms with Crippen molar-refractivity contribution in [3.8, 4) is 0 Å². The first kappa shape index (κ1) is 12.9. The van der Waals surface area contributed by atoms with Gasteiger partial charge < -0.3 is 4.52 Å². The van der Waals surface area contributed by atoms with E-state index < -0.39 is 19.0 Å². The molecule has 5 heteroatoms. The van der Waals surface area contributed by atoms with Gasteiger partial charge in [-0.2, -0.15) is 0 Å². The van der Waals surface area contributed by atoms with Gasteiger partial charge in [-0.1, -0.05) is 0 Å². The molecule has 0 aromatic heterocycles. The Labute approximate surface area is 104 Å². The fourth-order valence-electron chi connectivity index (χ4n) is 1.63. The number of rotatable bonds is 3. The van der Waals surface area contributed by atoms with Gasteiger partial charge in [0, 0.05) is 17.7 Å². The predicted octanol–water partition coefficient (Wildman–Crippen LogP) is 2.84. The van der Waals surface area contributed by atoms with E-state index in [1.165, 1.54) is 55.6 Å². The molecule has 0 amide bonds. The normalized spacial score (nSPS) is 11.5. The van der Waals surface area contributed by atoms with Crippen molar-refractivity contribution < 1.29 is 17.9 Å². The third-order valence-corrected chi connectivity index (χ3v) is 5.06. The molecule has 2 aromatic carbocycles. The van der Waals surface area contributed by atoms with Crippen LogP contribution in [0.1, 0.15) is 0 Å². The van der Waals surface area contributed by atoms with E-state index in [1.54, 1.807) is 0 Å². The van der Waals surface area contributed by atoms with Gasteiger partial charge >= 0.3 is 0 Å². The third kappa shape index (κ3) is 2.35. The van der Waals surface area contributed by atoms with Gasteiger partial charge in [-0.3, -0.25) is 4.57 Å². The maximum Gasteiger partial charge on any atom is 0.261 e. The van der Waals surface area contributed by atoms with Crippen LogP contribution in [-0.4, -0.2) is 7.11 Å². The molecule has 0 saturated carbocycles. The quantitative estimate of drug-likeness (QED) is 0.800. The summed E-state index contributed by atoms with van der Waals surface area (Å²) in [4.78, 5) is 0. The first-order valence-corrected chi connectivity index (χ1v) is 6.87. The van der Waals surface area contributed by atoms with E-state index >= 15 is 0 Å². The van der Waals surface area contributed by atoms with Crippen molar-refractivity contribution in [3.63, 3.8) is 0 Å². The summed E-state index contributed by atoms with van der Waals surface area (Å²) >= 11 is 0. The van der Waals surface area contributed by atoms with Crippen molar-refractivity contribution >= 4 is 18.0 Å². The molecule has 0 radical (unpaired) electrons. The van der Waals surface area contributed by atoms with E-state index in [9.17, 15) is 13.3 Å². The van der Waals surface area contributed by atoms with E-state index in [0.717, 1.165) is 0 Å². The molecule has 0 fully saturated rings. The monoisotopic (exact) mass is 268 g/mol. The van der Waals surface area contributed by atoms with E-state index in [-0.39, 0.29) is 0 Å². The molecular formula is C13H11F2O2P. The Balaban J connectivity index is 2.51. The molecule has 2 aromatic rings. The highest BCUT2D eigenvalue weighted by Crippen LogP contribution is 2.43. The van der Waals surface area contributed by atoms with Crippen LogP contribution in [-0.2, 0) is 9.09 Å². The molecule has 94 valence electrons. The van der Waals surface area contributed by atoms with Crippen molar-refractivity contribution in [1.29, 1.82) is 0 Å². The van der Waals surface area contributed by atoms with Crippen LogP contribution in [0.2, 0.25) is 0 Å². The number of hydrogen-bond acceptors (Lipinski definition) is 2. The van der Waals surface area contributed by atoms with E-state index in [2.05, 4.69) is 0 Å². The zero-order chi connectivity index (χ0) is 13.2. The van der Waals surface area contributed by atoms with Crippen molar-refractivity contribution in [2.75, 3.05) is 7.11 Å². The molecule has 0 bridgehead atoms. The summed E-state index contributed by atoms with van der Waals surface area (Å²) in [7, 11) is -1.97. The summed E-state index contributed by atoms with van der Waals surface area (Å²) in [5.41, 5.74) is 0.